The smallest absolute Gasteiger partial charge is 0.191 e. The molecule has 30 heavy (non-hydrogen) atoms. The zero-order valence-electron chi connectivity index (χ0n) is 17.6. The molecule has 0 aromatic heterocycles. The van der Waals surface area contributed by atoms with Gasteiger partial charge in [-0.1, -0.05) is 48.5 Å². The monoisotopic (exact) mass is 522 g/mol. The van der Waals surface area contributed by atoms with Gasteiger partial charge in [0.2, 0.25) is 0 Å². The van der Waals surface area contributed by atoms with Crippen LogP contribution in [0.5, 0.6) is 0 Å². The largest absolute Gasteiger partial charge is 0.356 e. The second-order valence-corrected chi connectivity index (χ2v) is 8.37. The van der Waals surface area contributed by atoms with Gasteiger partial charge in [0.15, 0.2) is 5.96 Å². The molecule has 0 spiro atoms. The Labute approximate surface area is 196 Å². The predicted molar refractivity (Wildman–Crippen MR) is 132 cm³/mol. The predicted octanol–water partition coefficient (Wildman–Crippen LogP) is 4.30. The molecule has 2 N–H and O–H groups in total. The fourth-order valence-electron chi connectivity index (χ4n) is 4.30. The normalized spacial score (nSPS) is 19.1. The van der Waals surface area contributed by atoms with Crippen molar-refractivity contribution in [2.24, 2.45) is 4.99 Å². The number of guanidine groups is 1. The van der Waals surface area contributed by atoms with Crippen molar-refractivity contribution in [2.75, 3.05) is 26.7 Å². The molecule has 6 heteroatoms. The van der Waals surface area contributed by atoms with Crippen molar-refractivity contribution in [2.45, 2.75) is 43.7 Å². The molecule has 2 fully saturated rings. The minimum Gasteiger partial charge on any atom is -0.356 e. The van der Waals surface area contributed by atoms with Gasteiger partial charge in [0.25, 0.3) is 0 Å². The molecule has 1 saturated carbocycles. The molecule has 162 valence electrons. The summed E-state index contributed by atoms with van der Waals surface area (Å²) in [5.74, 6) is 0.731. The SMILES string of the molecule is CN=C(NCC1(c2ccccc2F)CC1)NC1CCN(Cc2ccccc2)CC1.I. The molecular weight excluding hydrogens is 490 g/mol. The average molecular weight is 522 g/mol. The van der Waals surface area contributed by atoms with Crippen LogP contribution in [0.4, 0.5) is 4.39 Å². The third-order valence-corrected chi connectivity index (χ3v) is 6.29. The number of hydrogen-bond acceptors (Lipinski definition) is 2. The van der Waals surface area contributed by atoms with Crippen LogP contribution in [0.1, 0.15) is 36.8 Å². The molecule has 4 nitrogen and oxygen atoms in total. The van der Waals surface area contributed by atoms with E-state index in [0.717, 1.165) is 63.4 Å². The van der Waals surface area contributed by atoms with E-state index in [0.29, 0.717) is 6.04 Å². The fourth-order valence-corrected chi connectivity index (χ4v) is 4.30. The van der Waals surface area contributed by atoms with Crippen molar-refractivity contribution < 1.29 is 4.39 Å². The standard InChI is InChI=1S/C24H31FN4.HI/c1-26-23(27-18-24(13-14-24)21-9-5-6-10-22(21)25)28-20-11-15-29(16-12-20)17-19-7-3-2-4-8-19;/h2-10,20H,11-18H2,1H3,(H2,26,27,28);1H. The fraction of sp³-hybridized carbons (Fsp3) is 0.458. The van der Waals surface area contributed by atoms with Crippen LogP contribution in [0.2, 0.25) is 0 Å². The molecule has 1 aliphatic heterocycles. The number of piperidine rings is 1. The second kappa shape index (κ2) is 10.6. The molecule has 1 heterocycles. The van der Waals surface area contributed by atoms with Crippen LogP contribution in [0.15, 0.2) is 59.6 Å². The Kier molecular flexibility index (Phi) is 8.11. The van der Waals surface area contributed by atoms with E-state index in [1.807, 2.05) is 19.2 Å². The molecule has 2 aliphatic rings. The van der Waals surface area contributed by atoms with Gasteiger partial charge in [0.1, 0.15) is 5.82 Å². The number of nitrogens with zero attached hydrogens (tertiary/aromatic N) is 2. The molecule has 4 rings (SSSR count). The summed E-state index contributed by atoms with van der Waals surface area (Å²) in [5, 5.41) is 7.03. The summed E-state index contributed by atoms with van der Waals surface area (Å²) in [6.07, 6.45) is 4.25. The number of hydrogen-bond donors (Lipinski definition) is 2. The highest BCUT2D eigenvalue weighted by atomic mass is 127. The lowest BCUT2D eigenvalue weighted by Gasteiger charge is -2.33. The van der Waals surface area contributed by atoms with Crippen molar-refractivity contribution in [3.8, 4) is 0 Å². The highest BCUT2D eigenvalue weighted by Crippen LogP contribution is 2.48. The van der Waals surface area contributed by atoms with Gasteiger partial charge in [0, 0.05) is 44.7 Å². The van der Waals surface area contributed by atoms with Gasteiger partial charge in [-0.15, -0.1) is 24.0 Å². The summed E-state index contributed by atoms with van der Waals surface area (Å²) in [6.45, 7) is 3.91. The summed E-state index contributed by atoms with van der Waals surface area (Å²) < 4.78 is 14.2. The Balaban J connectivity index is 0.00000256. The maximum atomic E-state index is 14.2. The van der Waals surface area contributed by atoms with Gasteiger partial charge in [-0.05, 0) is 42.9 Å². The van der Waals surface area contributed by atoms with E-state index in [2.05, 4.69) is 50.9 Å². The number of aliphatic imine (C=N–C) groups is 1. The van der Waals surface area contributed by atoms with Gasteiger partial charge in [0.05, 0.1) is 0 Å². The van der Waals surface area contributed by atoms with Crippen molar-refractivity contribution >= 4 is 29.9 Å². The second-order valence-electron chi connectivity index (χ2n) is 8.37. The van der Waals surface area contributed by atoms with E-state index in [9.17, 15) is 4.39 Å². The highest BCUT2D eigenvalue weighted by molar-refractivity contribution is 14.0. The lowest BCUT2D eigenvalue weighted by molar-refractivity contribution is 0.198. The molecule has 0 unspecified atom stereocenters. The van der Waals surface area contributed by atoms with Crippen LogP contribution in [-0.4, -0.2) is 43.6 Å². The molecule has 2 aromatic carbocycles. The summed E-state index contributed by atoms with van der Waals surface area (Å²) in [4.78, 5) is 6.92. The van der Waals surface area contributed by atoms with Crippen molar-refractivity contribution in [3.05, 3.63) is 71.5 Å². The Morgan fingerprint density at radius 3 is 2.37 bits per heavy atom. The summed E-state index contributed by atoms with van der Waals surface area (Å²) in [6, 6.07) is 18.3. The van der Waals surface area contributed by atoms with E-state index in [1.54, 1.807) is 12.1 Å². The minimum absolute atomic E-state index is 0. The zero-order valence-corrected chi connectivity index (χ0v) is 19.9. The van der Waals surface area contributed by atoms with Crippen LogP contribution < -0.4 is 10.6 Å². The van der Waals surface area contributed by atoms with Gasteiger partial charge in [-0.2, -0.15) is 0 Å². The minimum atomic E-state index is -0.0967. The topological polar surface area (TPSA) is 39.7 Å². The number of halogens is 2. The van der Waals surface area contributed by atoms with Crippen LogP contribution >= 0.6 is 24.0 Å². The van der Waals surface area contributed by atoms with E-state index in [4.69, 9.17) is 0 Å². The maximum Gasteiger partial charge on any atom is 0.191 e. The van der Waals surface area contributed by atoms with Crippen molar-refractivity contribution in [3.63, 3.8) is 0 Å². The molecule has 0 bridgehead atoms. The highest BCUT2D eigenvalue weighted by Gasteiger charge is 2.45. The zero-order chi connectivity index (χ0) is 20.1. The molecular formula is C24H32FIN4. The first-order chi connectivity index (χ1) is 14.2. The third-order valence-electron chi connectivity index (χ3n) is 6.29. The molecule has 0 atom stereocenters. The van der Waals surface area contributed by atoms with Crippen LogP contribution in [0, 0.1) is 5.82 Å². The Hall–Kier alpha value is -1.67. The van der Waals surface area contributed by atoms with E-state index >= 15 is 0 Å². The Bertz CT molecular complexity index is 830. The van der Waals surface area contributed by atoms with E-state index in [-0.39, 0.29) is 35.2 Å². The number of likely N-dealkylation sites (tertiary alicyclic amines) is 1. The summed E-state index contributed by atoms with van der Waals surface area (Å²) in [5.41, 5.74) is 2.12. The van der Waals surface area contributed by atoms with Gasteiger partial charge in [-0.25, -0.2) is 4.39 Å². The lowest BCUT2D eigenvalue weighted by atomic mass is 9.95. The van der Waals surface area contributed by atoms with Crippen molar-refractivity contribution in [1.82, 2.24) is 15.5 Å². The number of benzene rings is 2. The summed E-state index contributed by atoms with van der Waals surface area (Å²) >= 11 is 0. The van der Waals surface area contributed by atoms with Gasteiger partial charge < -0.3 is 10.6 Å². The van der Waals surface area contributed by atoms with Crippen LogP contribution in [0.3, 0.4) is 0 Å². The van der Waals surface area contributed by atoms with Crippen LogP contribution in [-0.2, 0) is 12.0 Å². The molecule has 1 saturated heterocycles. The lowest BCUT2D eigenvalue weighted by Crippen LogP contribution is -2.49. The molecule has 0 radical (unpaired) electrons. The molecule has 0 amide bonds. The third kappa shape index (κ3) is 5.72. The van der Waals surface area contributed by atoms with E-state index in [1.165, 1.54) is 5.56 Å². The average Bonchev–Trinajstić information content (AvgIpc) is 3.54. The number of rotatable bonds is 6. The molecule has 2 aromatic rings. The quantitative estimate of drug-likeness (QED) is 0.338. The Morgan fingerprint density at radius 1 is 1.07 bits per heavy atom. The van der Waals surface area contributed by atoms with Gasteiger partial charge >= 0.3 is 0 Å². The number of nitrogens with one attached hydrogen (secondary N) is 2. The van der Waals surface area contributed by atoms with Crippen molar-refractivity contribution in [1.29, 1.82) is 0 Å². The van der Waals surface area contributed by atoms with Gasteiger partial charge in [-0.3, -0.25) is 9.89 Å². The Morgan fingerprint density at radius 2 is 1.73 bits per heavy atom. The maximum absolute atomic E-state index is 14.2. The van der Waals surface area contributed by atoms with Crippen LogP contribution in [0.25, 0.3) is 0 Å². The molecule has 1 aliphatic carbocycles. The first-order valence-corrected chi connectivity index (χ1v) is 10.7. The first kappa shape index (κ1) is 23.0. The first-order valence-electron chi connectivity index (χ1n) is 10.7. The summed E-state index contributed by atoms with van der Waals surface area (Å²) in [7, 11) is 1.81. The van der Waals surface area contributed by atoms with E-state index < -0.39 is 0 Å².